The first-order valence-corrected chi connectivity index (χ1v) is 19.4. The predicted molar refractivity (Wildman–Crippen MR) is 211 cm³/mol. The topological polar surface area (TPSA) is 146 Å². The summed E-state index contributed by atoms with van der Waals surface area (Å²) in [6, 6.07) is 24.7. The molecule has 0 aromatic heterocycles. The number of amides is 3. The molecule has 0 saturated heterocycles. The van der Waals surface area contributed by atoms with Gasteiger partial charge in [-0.1, -0.05) is 157 Å². The molecule has 52 heavy (non-hydrogen) atoms. The maximum Gasteiger partial charge on any atom is 0.242 e. The second-order valence-electron chi connectivity index (χ2n) is 13.6. The van der Waals surface area contributed by atoms with Crippen molar-refractivity contribution in [2.24, 2.45) is 10.7 Å². The minimum atomic E-state index is -0.832. The van der Waals surface area contributed by atoms with E-state index in [1.54, 1.807) is 24.3 Å². The van der Waals surface area contributed by atoms with Gasteiger partial charge in [0.1, 0.15) is 11.8 Å². The number of benzene rings is 3. The Bertz CT molecular complexity index is 1420. The van der Waals surface area contributed by atoms with Gasteiger partial charge in [0.2, 0.25) is 17.7 Å². The number of nitrogens with one attached hydrogen (secondary N) is 3. The summed E-state index contributed by atoms with van der Waals surface area (Å²) < 4.78 is 0. The molecule has 282 valence electrons. The summed E-state index contributed by atoms with van der Waals surface area (Å²) in [5.74, 6) is -1.16. The number of nitrogens with two attached hydrogens (primary N) is 1. The largest absolute Gasteiger partial charge is 0.508 e. The Kier molecular flexibility index (Phi) is 20.3. The van der Waals surface area contributed by atoms with Gasteiger partial charge < -0.3 is 21.5 Å². The van der Waals surface area contributed by atoms with Gasteiger partial charge in [0.05, 0.1) is 5.92 Å². The van der Waals surface area contributed by atoms with E-state index >= 15 is 0 Å². The Labute approximate surface area is 311 Å². The van der Waals surface area contributed by atoms with Gasteiger partial charge in [-0.3, -0.25) is 24.7 Å². The maximum atomic E-state index is 13.9. The molecular weight excluding hydrogens is 651 g/mol. The fraction of sp³-hybridized carbons (Fsp3) is 0.488. The van der Waals surface area contributed by atoms with Crippen molar-refractivity contribution in [2.75, 3.05) is 6.54 Å². The number of guanidine groups is 1. The van der Waals surface area contributed by atoms with Gasteiger partial charge in [-0.15, -0.1) is 0 Å². The van der Waals surface area contributed by atoms with Crippen LogP contribution in [0.15, 0.2) is 89.9 Å². The molecule has 0 spiro atoms. The van der Waals surface area contributed by atoms with Crippen LogP contribution in [0.5, 0.6) is 5.75 Å². The molecule has 0 aliphatic rings. The quantitative estimate of drug-likeness (QED) is 0.0343. The first kappa shape index (κ1) is 41.8. The number of carbonyl (C=O) groups is 3. The number of unbranched alkanes of at least 4 members (excludes halogenated alkanes) is 12. The second kappa shape index (κ2) is 25.3. The lowest BCUT2D eigenvalue weighted by Crippen LogP contribution is -2.48. The van der Waals surface area contributed by atoms with Gasteiger partial charge in [-0.2, -0.15) is 0 Å². The number of carbonyl (C=O) groups excluding carboxylic acids is 3. The molecule has 0 aliphatic carbocycles. The van der Waals surface area contributed by atoms with E-state index < -0.39 is 12.0 Å². The minimum absolute atomic E-state index is 0.0604. The van der Waals surface area contributed by atoms with Crippen molar-refractivity contribution in [3.63, 3.8) is 0 Å². The van der Waals surface area contributed by atoms with Crippen molar-refractivity contribution in [1.29, 1.82) is 0 Å². The van der Waals surface area contributed by atoms with Gasteiger partial charge in [0.15, 0.2) is 5.96 Å². The molecule has 3 rings (SSSR count). The normalized spacial score (nSPS) is 12.0. The fourth-order valence-electron chi connectivity index (χ4n) is 6.28. The van der Waals surface area contributed by atoms with Crippen molar-refractivity contribution in [3.8, 4) is 5.75 Å². The molecule has 0 fully saturated rings. The molecule has 3 aromatic rings. The molecule has 0 saturated carbocycles. The molecule has 1 atom stereocenters. The van der Waals surface area contributed by atoms with E-state index in [-0.39, 0.29) is 42.5 Å². The highest BCUT2D eigenvalue weighted by atomic mass is 16.3. The highest BCUT2D eigenvalue weighted by Crippen LogP contribution is 2.25. The van der Waals surface area contributed by atoms with Crippen molar-refractivity contribution in [2.45, 2.75) is 128 Å². The Balaban J connectivity index is 1.45. The number of nitrogens with zero attached hydrogens (tertiary/aromatic N) is 1. The van der Waals surface area contributed by atoms with Gasteiger partial charge in [0.25, 0.3) is 0 Å². The van der Waals surface area contributed by atoms with Crippen molar-refractivity contribution in [1.82, 2.24) is 16.0 Å². The Morgan fingerprint density at radius 2 is 1.19 bits per heavy atom. The number of aromatic hydroxyl groups is 1. The minimum Gasteiger partial charge on any atom is -0.508 e. The van der Waals surface area contributed by atoms with E-state index in [0.717, 1.165) is 36.0 Å². The summed E-state index contributed by atoms with van der Waals surface area (Å²) in [6.07, 6.45) is 17.4. The van der Waals surface area contributed by atoms with E-state index in [1.807, 2.05) is 60.7 Å². The average Bonchev–Trinajstić information content (AvgIpc) is 3.15. The zero-order valence-corrected chi connectivity index (χ0v) is 31.2. The summed E-state index contributed by atoms with van der Waals surface area (Å²) in [4.78, 5) is 44.1. The number of hydrogen-bond donors (Lipinski definition) is 5. The fourth-order valence-corrected chi connectivity index (χ4v) is 6.28. The van der Waals surface area contributed by atoms with E-state index in [2.05, 4.69) is 27.9 Å². The van der Waals surface area contributed by atoms with Crippen LogP contribution in [-0.4, -0.2) is 41.4 Å². The number of phenolic OH excluding ortho intramolecular Hbond substituents is 1. The van der Waals surface area contributed by atoms with E-state index in [0.29, 0.717) is 19.3 Å². The van der Waals surface area contributed by atoms with Crippen LogP contribution in [0, 0.1) is 0 Å². The van der Waals surface area contributed by atoms with Gasteiger partial charge in [-0.05, 0) is 48.1 Å². The van der Waals surface area contributed by atoms with Crippen molar-refractivity contribution >= 4 is 23.7 Å². The van der Waals surface area contributed by atoms with Crippen LogP contribution in [0.1, 0.15) is 132 Å². The van der Waals surface area contributed by atoms with E-state index in [9.17, 15) is 19.5 Å². The Hall–Kier alpha value is -4.66. The maximum absolute atomic E-state index is 13.9. The molecule has 0 heterocycles. The summed E-state index contributed by atoms with van der Waals surface area (Å²) in [5.41, 5.74) is 8.47. The summed E-state index contributed by atoms with van der Waals surface area (Å²) in [7, 11) is 0. The summed E-state index contributed by atoms with van der Waals surface area (Å²) >= 11 is 0. The average molecular weight is 712 g/mol. The first-order valence-electron chi connectivity index (χ1n) is 19.4. The number of rotatable bonds is 25. The summed E-state index contributed by atoms with van der Waals surface area (Å²) in [5, 5.41) is 18.2. The van der Waals surface area contributed by atoms with Crippen LogP contribution in [0.4, 0.5) is 0 Å². The molecule has 0 unspecified atom stereocenters. The van der Waals surface area contributed by atoms with Crippen molar-refractivity contribution in [3.05, 3.63) is 102 Å². The Morgan fingerprint density at radius 1 is 0.673 bits per heavy atom. The third-order valence-electron chi connectivity index (χ3n) is 9.27. The zero-order valence-electron chi connectivity index (χ0n) is 31.2. The molecule has 3 aromatic carbocycles. The van der Waals surface area contributed by atoms with Crippen LogP contribution in [-0.2, 0) is 20.9 Å². The first-order chi connectivity index (χ1) is 25.4. The van der Waals surface area contributed by atoms with Crippen LogP contribution >= 0.6 is 0 Å². The van der Waals surface area contributed by atoms with E-state index in [4.69, 9.17) is 5.73 Å². The van der Waals surface area contributed by atoms with Gasteiger partial charge in [0, 0.05) is 19.5 Å². The lowest BCUT2D eigenvalue weighted by molar-refractivity contribution is -0.129. The lowest BCUT2D eigenvalue weighted by atomic mass is 9.90. The molecule has 6 N–H and O–H groups in total. The standard InChI is InChI=1S/C43H61N5O4/c1-2-3-4-5-6-7-8-9-10-11-12-13-20-27-39(50)48-43(44)45-32-21-26-38(41(51)46-33-34-28-30-37(49)31-29-34)47-42(52)40(35-22-16-14-17-23-35)36-24-18-15-19-25-36/h14-19,22-25,28-31,38,40,49H,2-13,20-21,26-27,32-33H2,1H3,(H,46,51)(H,47,52)(H3,44,45,48,50)/t38-/m1/s1. The van der Waals surface area contributed by atoms with Gasteiger partial charge in [-0.25, -0.2) is 0 Å². The van der Waals surface area contributed by atoms with Gasteiger partial charge >= 0.3 is 0 Å². The highest BCUT2D eigenvalue weighted by molar-refractivity contribution is 5.96. The molecule has 9 heteroatoms. The smallest absolute Gasteiger partial charge is 0.242 e. The zero-order chi connectivity index (χ0) is 37.2. The monoisotopic (exact) mass is 711 g/mol. The number of hydrogen-bond acceptors (Lipinski definition) is 5. The third-order valence-corrected chi connectivity index (χ3v) is 9.27. The number of phenols is 1. The van der Waals surface area contributed by atoms with Crippen LogP contribution in [0.2, 0.25) is 0 Å². The number of aliphatic imine (C=N–C) groups is 1. The molecular formula is C43H61N5O4. The SMILES string of the molecule is CCCCCCCCCCCCCCCC(=O)NC(N)=NCCC[C@@H](NC(=O)C(c1ccccc1)c1ccccc1)C(=O)NCc1ccc(O)cc1. The van der Waals surface area contributed by atoms with Crippen molar-refractivity contribution < 1.29 is 19.5 Å². The van der Waals surface area contributed by atoms with E-state index in [1.165, 1.54) is 64.2 Å². The molecule has 0 bridgehead atoms. The Morgan fingerprint density at radius 3 is 1.73 bits per heavy atom. The third kappa shape index (κ3) is 17.0. The predicted octanol–water partition coefficient (Wildman–Crippen LogP) is 8.02. The molecule has 0 radical (unpaired) electrons. The molecule has 3 amide bonds. The van der Waals surface area contributed by atoms with Crippen LogP contribution < -0.4 is 21.7 Å². The van der Waals surface area contributed by atoms with Crippen LogP contribution in [0.25, 0.3) is 0 Å². The second-order valence-corrected chi connectivity index (χ2v) is 13.6. The highest BCUT2D eigenvalue weighted by Gasteiger charge is 2.27. The molecule has 9 nitrogen and oxygen atoms in total. The summed E-state index contributed by atoms with van der Waals surface area (Å²) in [6.45, 7) is 2.77. The van der Waals surface area contributed by atoms with Crippen LogP contribution in [0.3, 0.4) is 0 Å². The molecule has 0 aliphatic heterocycles. The lowest BCUT2D eigenvalue weighted by Gasteiger charge is -2.23.